The van der Waals surface area contributed by atoms with E-state index in [0.29, 0.717) is 12.8 Å². The Hall–Kier alpha value is -2.04. The first kappa shape index (κ1) is 14.4. The van der Waals surface area contributed by atoms with E-state index in [-0.39, 0.29) is 17.9 Å². The summed E-state index contributed by atoms with van der Waals surface area (Å²) in [7, 11) is 1.61. The normalized spacial score (nSPS) is 21.9. The molecule has 0 radical (unpaired) electrons. The quantitative estimate of drug-likeness (QED) is 0.825. The third-order valence-electron chi connectivity index (χ3n) is 3.55. The summed E-state index contributed by atoms with van der Waals surface area (Å²) in [6.45, 7) is 1.91. The van der Waals surface area contributed by atoms with E-state index in [1.165, 1.54) is 0 Å². The second-order valence-electron chi connectivity index (χ2n) is 5.21. The molecular formula is C15H19NO4. The molecule has 1 aliphatic carbocycles. The van der Waals surface area contributed by atoms with Crippen molar-refractivity contribution in [1.29, 1.82) is 0 Å². The fraction of sp³-hybridized carbons (Fsp3) is 0.467. The number of hydrogen-bond donors (Lipinski definition) is 2. The zero-order valence-corrected chi connectivity index (χ0v) is 11.6. The van der Waals surface area contributed by atoms with Crippen LogP contribution in [0.5, 0.6) is 5.75 Å². The number of aliphatic carboxylic acids is 1. The minimum atomic E-state index is -0.887. The fourth-order valence-electron chi connectivity index (χ4n) is 2.36. The molecule has 5 heteroatoms. The van der Waals surface area contributed by atoms with Gasteiger partial charge in [-0.15, -0.1) is 0 Å². The number of hydrogen-bond acceptors (Lipinski definition) is 3. The number of benzene rings is 1. The van der Waals surface area contributed by atoms with E-state index >= 15 is 0 Å². The second kappa shape index (κ2) is 5.94. The summed E-state index contributed by atoms with van der Waals surface area (Å²) in [5, 5.41) is 11.7. The third-order valence-corrected chi connectivity index (χ3v) is 3.55. The van der Waals surface area contributed by atoms with Gasteiger partial charge in [-0.05, 0) is 31.4 Å². The Balaban J connectivity index is 1.88. The maximum absolute atomic E-state index is 11.9. The lowest BCUT2D eigenvalue weighted by atomic mass is 10.1. The number of carbonyl (C=O) groups is 2. The molecule has 108 valence electrons. The van der Waals surface area contributed by atoms with Gasteiger partial charge in [-0.1, -0.05) is 18.2 Å². The maximum Gasteiger partial charge on any atom is 0.307 e. The predicted molar refractivity (Wildman–Crippen MR) is 73.5 cm³/mol. The highest BCUT2D eigenvalue weighted by Gasteiger charge is 2.48. The lowest BCUT2D eigenvalue weighted by Crippen LogP contribution is -2.35. The zero-order chi connectivity index (χ0) is 14.7. The number of rotatable bonds is 6. The van der Waals surface area contributed by atoms with E-state index in [4.69, 9.17) is 9.84 Å². The summed E-state index contributed by atoms with van der Waals surface area (Å²) in [6.07, 6.45) is 1.10. The van der Waals surface area contributed by atoms with Crippen LogP contribution in [0.15, 0.2) is 24.3 Å². The first-order valence-electron chi connectivity index (χ1n) is 6.68. The topological polar surface area (TPSA) is 75.6 Å². The van der Waals surface area contributed by atoms with Crippen LogP contribution in [0.25, 0.3) is 0 Å². The van der Waals surface area contributed by atoms with E-state index in [9.17, 15) is 9.59 Å². The van der Waals surface area contributed by atoms with Crippen LogP contribution in [0.1, 0.15) is 18.9 Å². The standard InChI is InChI=1S/C15H19NO4/c1-9(7-10-5-3-4-6-13(10)20-2)16-14(17)11-8-12(11)15(18)19/h3-6,9,11-12H,7-8H2,1-2H3,(H,16,17)(H,18,19). The van der Waals surface area contributed by atoms with Gasteiger partial charge in [0.2, 0.25) is 5.91 Å². The third kappa shape index (κ3) is 3.29. The van der Waals surface area contributed by atoms with Crippen molar-refractivity contribution < 1.29 is 19.4 Å². The van der Waals surface area contributed by atoms with Crippen LogP contribution < -0.4 is 10.1 Å². The van der Waals surface area contributed by atoms with Gasteiger partial charge in [-0.2, -0.15) is 0 Å². The molecule has 1 aromatic rings. The highest BCUT2D eigenvalue weighted by molar-refractivity contribution is 5.89. The first-order chi connectivity index (χ1) is 9.52. The maximum atomic E-state index is 11.9. The molecule has 0 spiro atoms. The Bertz CT molecular complexity index is 514. The fourth-order valence-corrected chi connectivity index (χ4v) is 2.36. The van der Waals surface area contributed by atoms with Gasteiger partial charge in [-0.3, -0.25) is 9.59 Å². The average Bonchev–Trinajstić information content (AvgIpc) is 3.19. The lowest BCUT2D eigenvalue weighted by Gasteiger charge is -2.15. The van der Waals surface area contributed by atoms with E-state index in [1.54, 1.807) is 7.11 Å². The van der Waals surface area contributed by atoms with Crippen LogP contribution in [0.3, 0.4) is 0 Å². The molecule has 3 atom stereocenters. The molecule has 1 amide bonds. The van der Waals surface area contributed by atoms with Gasteiger partial charge < -0.3 is 15.2 Å². The van der Waals surface area contributed by atoms with Crippen molar-refractivity contribution in [3.63, 3.8) is 0 Å². The van der Waals surface area contributed by atoms with E-state index in [1.807, 2.05) is 31.2 Å². The number of para-hydroxylation sites is 1. The Labute approximate surface area is 117 Å². The van der Waals surface area contributed by atoms with Crippen molar-refractivity contribution in [2.75, 3.05) is 7.11 Å². The second-order valence-corrected chi connectivity index (χ2v) is 5.21. The SMILES string of the molecule is COc1ccccc1CC(C)NC(=O)C1CC1C(=O)O. The van der Waals surface area contributed by atoms with E-state index < -0.39 is 11.9 Å². The highest BCUT2D eigenvalue weighted by atomic mass is 16.5. The van der Waals surface area contributed by atoms with E-state index in [0.717, 1.165) is 11.3 Å². The molecule has 1 aliphatic rings. The Morgan fingerprint density at radius 2 is 2.10 bits per heavy atom. The molecule has 0 heterocycles. The number of amides is 1. The monoisotopic (exact) mass is 277 g/mol. The van der Waals surface area contributed by atoms with Crippen molar-refractivity contribution in [3.05, 3.63) is 29.8 Å². The van der Waals surface area contributed by atoms with Crippen LogP contribution in [-0.4, -0.2) is 30.1 Å². The Morgan fingerprint density at radius 1 is 1.40 bits per heavy atom. The molecule has 0 saturated heterocycles. The summed E-state index contributed by atoms with van der Waals surface area (Å²) in [6, 6.07) is 7.60. The van der Waals surface area contributed by atoms with Gasteiger partial charge >= 0.3 is 5.97 Å². The average molecular weight is 277 g/mol. The van der Waals surface area contributed by atoms with Gasteiger partial charge in [0.15, 0.2) is 0 Å². The molecule has 2 N–H and O–H groups in total. The lowest BCUT2D eigenvalue weighted by molar-refractivity contribution is -0.140. The van der Waals surface area contributed by atoms with Gasteiger partial charge in [0.1, 0.15) is 5.75 Å². The first-order valence-corrected chi connectivity index (χ1v) is 6.68. The van der Waals surface area contributed by atoms with Gasteiger partial charge in [0, 0.05) is 6.04 Å². The zero-order valence-electron chi connectivity index (χ0n) is 11.6. The molecule has 1 saturated carbocycles. The van der Waals surface area contributed by atoms with Crippen molar-refractivity contribution >= 4 is 11.9 Å². The summed E-state index contributed by atoms with van der Waals surface area (Å²) < 4.78 is 5.27. The van der Waals surface area contributed by atoms with Crippen molar-refractivity contribution in [2.45, 2.75) is 25.8 Å². The molecule has 0 bridgehead atoms. The molecule has 5 nitrogen and oxygen atoms in total. The largest absolute Gasteiger partial charge is 0.496 e. The molecule has 3 unspecified atom stereocenters. The molecule has 1 fully saturated rings. The number of carbonyl (C=O) groups excluding carboxylic acids is 1. The molecule has 0 aliphatic heterocycles. The van der Waals surface area contributed by atoms with Crippen molar-refractivity contribution in [1.82, 2.24) is 5.32 Å². The van der Waals surface area contributed by atoms with Gasteiger partial charge in [-0.25, -0.2) is 0 Å². The van der Waals surface area contributed by atoms with Crippen LogP contribution in [0.2, 0.25) is 0 Å². The Morgan fingerprint density at radius 3 is 2.70 bits per heavy atom. The van der Waals surface area contributed by atoms with Crippen LogP contribution in [0, 0.1) is 11.8 Å². The minimum Gasteiger partial charge on any atom is -0.496 e. The predicted octanol–water partition coefficient (Wildman–Crippen LogP) is 1.46. The summed E-state index contributed by atoms with van der Waals surface area (Å²) in [5.74, 6) is -1.13. The van der Waals surface area contributed by atoms with Gasteiger partial charge in [0.25, 0.3) is 0 Å². The smallest absolute Gasteiger partial charge is 0.307 e. The highest BCUT2D eigenvalue weighted by Crippen LogP contribution is 2.38. The number of carboxylic acids is 1. The number of carboxylic acid groups (broad SMARTS) is 1. The molecular weight excluding hydrogens is 258 g/mol. The summed E-state index contributed by atoms with van der Waals surface area (Å²) in [4.78, 5) is 22.6. The van der Waals surface area contributed by atoms with Crippen LogP contribution in [0.4, 0.5) is 0 Å². The molecule has 1 aromatic carbocycles. The van der Waals surface area contributed by atoms with E-state index in [2.05, 4.69) is 5.32 Å². The van der Waals surface area contributed by atoms with Crippen molar-refractivity contribution in [3.8, 4) is 5.75 Å². The Kier molecular flexibility index (Phi) is 4.27. The number of nitrogens with one attached hydrogen (secondary N) is 1. The van der Waals surface area contributed by atoms with Crippen molar-refractivity contribution in [2.24, 2.45) is 11.8 Å². The summed E-state index contributed by atoms with van der Waals surface area (Å²) in [5.41, 5.74) is 1.02. The minimum absolute atomic E-state index is 0.0613. The van der Waals surface area contributed by atoms with Crippen LogP contribution >= 0.6 is 0 Å². The number of methoxy groups -OCH3 is 1. The summed E-state index contributed by atoms with van der Waals surface area (Å²) >= 11 is 0. The van der Waals surface area contributed by atoms with Crippen LogP contribution in [-0.2, 0) is 16.0 Å². The molecule has 0 aromatic heterocycles. The molecule has 2 rings (SSSR count). The molecule has 20 heavy (non-hydrogen) atoms. The van der Waals surface area contributed by atoms with Gasteiger partial charge in [0.05, 0.1) is 18.9 Å². The number of ether oxygens (including phenoxy) is 1.